The van der Waals surface area contributed by atoms with Crippen molar-refractivity contribution in [1.82, 2.24) is 24.7 Å². The van der Waals surface area contributed by atoms with Crippen LogP contribution in [0.15, 0.2) is 42.7 Å². The van der Waals surface area contributed by atoms with Crippen LogP contribution >= 0.6 is 0 Å². The highest BCUT2D eigenvalue weighted by atomic mass is 15.4. The number of aryl methyl sites for hydroxylation is 2. The first-order chi connectivity index (χ1) is 12.8. The Balaban J connectivity index is 1.36. The molecule has 26 heavy (non-hydrogen) atoms. The molecule has 6 nitrogen and oxygen atoms in total. The van der Waals surface area contributed by atoms with Crippen LogP contribution in [0.2, 0.25) is 0 Å². The molecule has 1 aromatic carbocycles. The van der Waals surface area contributed by atoms with Gasteiger partial charge in [-0.05, 0) is 50.9 Å². The molecule has 0 bridgehead atoms. The number of aromatic nitrogens is 4. The number of benzene rings is 1. The van der Waals surface area contributed by atoms with Gasteiger partial charge in [-0.3, -0.25) is 0 Å². The first-order valence-electron chi connectivity index (χ1n) is 9.48. The Morgan fingerprint density at radius 1 is 1.04 bits per heavy atom. The topological polar surface area (TPSA) is 49.6 Å². The maximum absolute atomic E-state index is 4.45. The average molecular weight is 350 g/mol. The van der Waals surface area contributed by atoms with Crippen LogP contribution < -0.4 is 4.90 Å². The second-order valence-electron chi connectivity index (χ2n) is 7.04. The minimum atomic E-state index is 0.855. The molecule has 0 unspecified atom stereocenters. The molecule has 1 aliphatic heterocycles. The standard InChI is InChI=1S/C20H26N6/c1-17-15-19(20-22-21-16-26(20)23-17)25-12-6-11-24(13-14-25)10-5-9-18-7-3-2-4-8-18/h2-4,7-8,15-16H,5-6,9-14H2,1H3. The van der Waals surface area contributed by atoms with Crippen molar-refractivity contribution in [3.05, 3.63) is 54.0 Å². The van der Waals surface area contributed by atoms with E-state index in [4.69, 9.17) is 0 Å². The second kappa shape index (κ2) is 7.83. The van der Waals surface area contributed by atoms with Gasteiger partial charge in [0.05, 0.1) is 11.4 Å². The Kier molecular flexibility index (Phi) is 5.11. The smallest absolute Gasteiger partial charge is 0.200 e. The third kappa shape index (κ3) is 3.85. The van der Waals surface area contributed by atoms with Crippen LogP contribution in [0.1, 0.15) is 24.1 Å². The van der Waals surface area contributed by atoms with Crippen molar-refractivity contribution in [2.45, 2.75) is 26.2 Å². The first kappa shape index (κ1) is 17.0. The van der Waals surface area contributed by atoms with E-state index in [1.54, 1.807) is 10.8 Å². The molecule has 1 saturated heterocycles. The number of nitrogens with zero attached hydrogens (tertiary/aromatic N) is 6. The summed E-state index contributed by atoms with van der Waals surface area (Å²) in [6.45, 7) is 7.53. The molecular weight excluding hydrogens is 324 g/mol. The Morgan fingerprint density at radius 3 is 2.81 bits per heavy atom. The highest BCUT2D eigenvalue weighted by molar-refractivity contribution is 5.68. The summed E-state index contributed by atoms with van der Waals surface area (Å²) in [6, 6.07) is 12.9. The maximum atomic E-state index is 4.45. The van der Waals surface area contributed by atoms with E-state index in [0.717, 1.165) is 43.1 Å². The first-order valence-corrected chi connectivity index (χ1v) is 9.48. The third-order valence-electron chi connectivity index (χ3n) is 5.08. The number of anilines is 1. The lowest BCUT2D eigenvalue weighted by Gasteiger charge is -2.24. The Bertz CT molecular complexity index is 844. The fraction of sp³-hybridized carbons (Fsp3) is 0.450. The Hall–Kier alpha value is -2.47. The molecule has 4 rings (SSSR count). The Morgan fingerprint density at radius 2 is 1.92 bits per heavy atom. The molecule has 0 N–H and O–H groups in total. The molecule has 136 valence electrons. The molecule has 0 spiro atoms. The highest BCUT2D eigenvalue weighted by Crippen LogP contribution is 2.21. The van der Waals surface area contributed by atoms with Crippen molar-refractivity contribution < 1.29 is 0 Å². The van der Waals surface area contributed by atoms with Gasteiger partial charge in [0.2, 0.25) is 5.65 Å². The van der Waals surface area contributed by atoms with Crippen LogP contribution in [0.5, 0.6) is 0 Å². The van der Waals surface area contributed by atoms with Gasteiger partial charge < -0.3 is 9.80 Å². The summed E-state index contributed by atoms with van der Waals surface area (Å²) < 4.78 is 1.78. The summed E-state index contributed by atoms with van der Waals surface area (Å²) in [5.41, 5.74) is 4.44. The van der Waals surface area contributed by atoms with Gasteiger partial charge in [-0.25, -0.2) is 0 Å². The fourth-order valence-corrected chi connectivity index (χ4v) is 3.75. The summed E-state index contributed by atoms with van der Waals surface area (Å²) in [5.74, 6) is 0. The van der Waals surface area contributed by atoms with Gasteiger partial charge in [-0.15, -0.1) is 10.2 Å². The average Bonchev–Trinajstić information content (AvgIpc) is 3.00. The largest absolute Gasteiger partial charge is 0.367 e. The minimum Gasteiger partial charge on any atom is -0.367 e. The SMILES string of the molecule is Cc1cc(N2CCCN(CCCc3ccccc3)CC2)c2nncn2n1. The number of rotatable bonds is 5. The number of hydrogen-bond acceptors (Lipinski definition) is 5. The quantitative estimate of drug-likeness (QED) is 0.708. The number of fused-ring (bicyclic) bond motifs is 1. The normalized spacial score (nSPS) is 16.1. The van der Waals surface area contributed by atoms with E-state index in [1.165, 1.54) is 31.5 Å². The van der Waals surface area contributed by atoms with Crippen LogP contribution in [-0.4, -0.2) is 57.4 Å². The van der Waals surface area contributed by atoms with Gasteiger partial charge in [0.1, 0.15) is 6.33 Å². The lowest BCUT2D eigenvalue weighted by molar-refractivity contribution is 0.290. The monoisotopic (exact) mass is 350 g/mol. The van der Waals surface area contributed by atoms with Gasteiger partial charge in [0.25, 0.3) is 0 Å². The molecule has 6 heteroatoms. The molecule has 0 radical (unpaired) electrons. The molecule has 0 amide bonds. The van der Waals surface area contributed by atoms with E-state index in [2.05, 4.69) is 61.5 Å². The van der Waals surface area contributed by atoms with Crippen LogP contribution in [0.25, 0.3) is 5.65 Å². The van der Waals surface area contributed by atoms with E-state index in [0.29, 0.717) is 0 Å². The molecule has 1 aliphatic rings. The van der Waals surface area contributed by atoms with Crippen LogP contribution in [0, 0.1) is 6.92 Å². The lowest BCUT2D eigenvalue weighted by atomic mass is 10.1. The summed E-state index contributed by atoms with van der Waals surface area (Å²) in [6.07, 6.45) is 5.23. The number of hydrogen-bond donors (Lipinski definition) is 0. The van der Waals surface area contributed by atoms with E-state index in [-0.39, 0.29) is 0 Å². The molecule has 0 atom stereocenters. The van der Waals surface area contributed by atoms with Crippen molar-refractivity contribution in [1.29, 1.82) is 0 Å². The zero-order valence-corrected chi connectivity index (χ0v) is 15.4. The minimum absolute atomic E-state index is 0.855. The van der Waals surface area contributed by atoms with Crippen LogP contribution in [-0.2, 0) is 6.42 Å². The second-order valence-corrected chi connectivity index (χ2v) is 7.04. The predicted molar refractivity (Wildman–Crippen MR) is 104 cm³/mol. The molecule has 0 aliphatic carbocycles. The van der Waals surface area contributed by atoms with Crippen LogP contribution in [0.4, 0.5) is 5.69 Å². The summed E-state index contributed by atoms with van der Waals surface area (Å²) in [5, 5.41) is 12.7. The summed E-state index contributed by atoms with van der Waals surface area (Å²) in [7, 11) is 0. The van der Waals surface area contributed by atoms with Crippen molar-refractivity contribution in [2.75, 3.05) is 37.6 Å². The zero-order valence-electron chi connectivity index (χ0n) is 15.4. The van der Waals surface area contributed by atoms with E-state index >= 15 is 0 Å². The van der Waals surface area contributed by atoms with Gasteiger partial charge in [-0.1, -0.05) is 30.3 Å². The summed E-state index contributed by atoms with van der Waals surface area (Å²) >= 11 is 0. The molecule has 0 saturated carbocycles. The van der Waals surface area contributed by atoms with Gasteiger partial charge in [0, 0.05) is 19.6 Å². The zero-order chi connectivity index (χ0) is 17.8. The molecule has 1 fully saturated rings. The van der Waals surface area contributed by atoms with Gasteiger partial charge in [-0.2, -0.15) is 9.61 Å². The van der Waals surface area contributed by atoms with Crippen molar-refractivity contribution in [3.8, 4) is 0 Å². The van der Waals surface area contributed by atoms with Crippen LogP contribution in [0.3, 0.4) is 0 Å². The van der Waals surface area contributed by atoms with Crippen molar-refractivity contribution >= 4 is 11.3 Å². The van der Waals surface area contributed by atoms with Crippen molar-refractivity contribution in [3.63, 3.8) is 0 Å². The lowest BCUT2D eigenvalue weighted by Crippen LogP contribution is -2.32. The van der Waals surface area contributed by atoms with E-state index < -0.39 is 0 Å². The molecule has 3 aromatic rings. The predicted octanol–water partition coefficient (Wildman–Crippen LogP) is 2.58. The maximum Gasteiger partial charge on any atom is 0.200 e. The molecule has 3 heterocycles. The van der Waals surface area contributed by atoms with Crippen molar-refractivity contribution in [2.24, 2.45) is 0 Å². The summed E-state index contributed by atoms with van der Waals surface area (Å²) in [4.78, 5) is 5.04. The Labute approximate surface area is 154 Å². The fourth-order valence-electron chi connectivity index (χ4n) is 3.75. The third-order valence-corrected chi connectivity index (χ3v) is 5.08. The molecule has 2 aromatic heterocycles. The van der Waals surface area contributed by atoms with Gasteiger partial charge in [0.15, 0.2) is 0 Å². The van der Waals surface area contributed by atoms with Gasteiger partial charge >= 0.3 is 0 Å². The van der Waals surface area contributed by atoms with E-state index in [9.17, 15) is 0 Å². The van der Waals surface area contributed by atoms with E-state index in [1.807, 2.05) is 6.92 Å². The molecular formula is C20H26N6. The highest BCUT2D eigenvalue weighted by Gasteiger charge is 2.18.